The van der Waals surface area contributed by atoms with Crippen molar-refractivity contribution in [3.63, 3.8) is 0 Å². The smallest absolute Gasteiger partial charge is 0.356 e. The Morgan fingerprint density at radius 2 is 1.82 bits per heavy atom. The second-order valence-corrected chi connectivity index (χ2v) is 10.8. The van der Waals surface area contributed by atoms with Gasteiger partial charge in [-0.05, 0) is 47.5 Å². The van der Waals surface area contributed by atoms with Crippen LogP contribution in [-0.2, 0) is 16.8 Å². The van der Waals surface area contributed by atoms with E-state index in [0.29, 0.717) is 27.5 Å². The van der Waals surface area contributed by atoms with Gasteiger partial charge in [-0.2, -0.15) is 22.1 Å². The molecular formula is C22H19Cl2FN4O4S. The third-order valence-corrected chi connectivity index (χ3v) is 7.68. The van der Waals surface area contributed by atoms with Crippen molar-refractivity contribution in [2.75, 3.05) is 20.6 Å². The number of hydrogen-bond donors (Lipinski definition) is 1. The average Bonchev–Trinajstić information content (AvgIpc) is 3.15. The third kappa shape index (κ3) is 4.47. The zero-order valence-electron chi connectivity index (χ0n) is 18.0. The summed E-state index contributed by atoms with van der Waals surface area (Å²) < 4.78 is 42.9. The van der Waals surface area contributed by atoms with E-state index in [0.717, 1.165) is 8.61 Å². The van der Waals surface area contributed by atoms with Crippen LogP contribution in [0.1, 0.15) is 27.3 Å². The number of carbonyl (C=O) groups is 1. The van der Waals surface area contributed by atoms with E-state index in [9.17, 15) is 22.7 Å². The summed E-state index contributed by atoms with van der Waals surface area (Å²) >= 11 is 12.4. The van der Waals surface area contributed by atoms with Crippen LogP contribution in [0.2, 0.25) is 10.0 Å². The predicted octanol–water partition coefficient (Wildman–Crippen LogP) is 4.18. The Kier molecular flexibility index (Phi) is 6.54. The van der Waals surface area contributed by atoms with Crippen LogP contribution < -0.4 is 0 Å². The van der Waals surface area contributed by atoms with Gasteiger partial charge in [0.2, 0.25) is 0 Å². The SMILES string of the molecule is CN(C)S(=O)(=O)N1CC(=Cc2ccc(F)cc2)c2c(c(C(=O)O)nn2-c2ccc(Cl)cc2Cl)C1. The minimum absolute atomic E-state index is 0.0686. The van der Waals surface area contributed by atoms with Crippen molar-refractivity contribution < 1.29 is 22.7 Å². The highest BCUT2D eigenvalue weighted by Crippen LogP contribution is 2.36. The summed E-state index contributed by atoms with van der Waals surface area (Å²) in [5.41, 5.74) is 1.75. The fraction of sp³-hybridized carbons (Fsp3) is 0.182. The lowest BCUT2D eigenvalue weighted by Gasteiger charge is -2.31. The van der Waals surface area contributed by atoms with Crippen molar-refractivity contribution in [3.8, 4) is 5.69 Å². The van der Waals surface area contributed by atoms with E-state index in [-0.39, 0.29) is 29.4 Å². The van der Waals surface area contributed by atoms with Gasteiger partial charge in [-0.15, -0.1) is 0 Å². The first-order valence-corrected chi connectivity index (χ1v) is 12.1. The number of halogens is 3. The standard InChI is InChI=1S/C22H19Cl2FN4O4S/c1-27(2)34(32,33)28-11-14(9-13-3-6-16(25)7-4-13)21-17(12-28)20(22(30)31)26-29(21)19-8-5-15(23)10-18(19)24/h3-10H,11-12H2,1-2H3,(H,30,31). The molecule has 2 heterocycles. The molecule has 0 fully saturated rings. The molecule has 0 saturated carbocycles. The van der Waals surface area contributed by atoms with Gasteiger partial charge >= 0.3 is 5.97 Å². The van der Waals surface area contributed by atoms with Crippen LogP contribution >= 0.6 is 23.2 Å². The molecule has 0 radical (unpaired) electrons. The maximum Gasteiger partial charge on any atom is 0.356 e. The van der Waals surface area contributed by atoms with E-state index < -0.39 is 22.0 Å². The van der Waals surface area contributed by atoms with Crippen LogP contribution in [0.4, 0.5) is 4.39 Å². The number of nitrogens with zero attached hydrogens (tertiary/aromatic N) is 4. The monoisotopic (exact) mass is 524 g/mol. The second-order valence-electron chi connectivity index (χ2n) is 7.77. The van der Waals surface area contributed by atoms with E-state index in [4.69, 9.17) is 23.2 Å². The molecule has 1 aromatic heterocycles. The maximum atomic E-state index is 13.4. The number of benzene rings is 2. The molecule has 1 aliphatic heterocycles. The molecule has 8 nitrogen and oxygen atoms in total. The number of aromatic nitrogens is 2. The van der Waals surface area contributed by atoms with Crippen molar-refractivity contribution in [1.82, 2.24) is 18.4 Å². The van der Waals surface area contributed by atoms with Crippen LogP contribution in [0.3, 0.4) is 0 Å². The Bertz CT molecular complexity index is 1420. The average molecular weight is 525 g/mol. The number of fused-ring (bicyclic) bond motifs is 1. The highest BCUT2D eigenvalue weighted by Gasteiger charge is 2.37. The van der Waals surface area contributed by atoms with Crippen molar-refractivity contribution in [3.05, 3.63) is 80.8 Å². The van der Waals surface area contributed by atoms with E-state index in [2.05, 4.69) is 5.10 Å². The first kappa shape index (κ1) is 24.4. The van der Waals surface area contributed by atoms with Crippen molar-refractivity contribution in [2.45, 2.75) is 6.54 Å². The lowest BCUT2D eigenvalue weighted by atomic mass is 9.99. The Morgan fingerprint density at radius 1 is 1.15 bits per heavy atom. The third-order valence-electron chi connectivity index (χ3n) is 5.31. The normalized spacial score (nSPS) is 15.6. The number of carboxylic acids is 1. The molecule has 0 aliphatic carbocycles. The maximum absolute atomic E-state index is 13.4. The van der Waals surface area contributed by atoms with Crippen LogP contribution in [-0.4, -0.2) is 58.5 Å². The molecule has 0 atom stereocenters. The van der Waals surface area contributed by atoms with Crippen molar-refractivity contribution >= 4 is 51.0 Å². The Morgan fingerprint density at radius 3 is 2.41 bits per heavy atom. The van der Waals surface area contributed by atoms with Crippen LogP contribution in [0.15, 0.2) is 42.5 Å². The molecule has 0 bridgehead atoms. The quantitative estimate of drug-likeness (QED) is 0.540. The molecule has 0 amide bonds. The molecule has 34 heavy (non-hydrogen) atoms. The second kappa shape index (κ2) is 9.12. The molecule has 12 heteroatoms. The van der Waals surface area contributed by atoms with Gasteiger partial charge in [0.15, 0.2) is 5.69 Å². The van der Waals surface area contributed by atoms with E-state index >= 15 is 0 Å². The van der Waals surface area contributed by atoms with Crippen LogP contribution in [0.25, 0.3) is 17.3 Å². The summed E-state index contributed by atoms with van der Waals surface area (Å²) in [6, 6.07) is 10.3. The largest absolute Gasteiger partial charge is 0.476 e. The van der Waals surface area contributed by atoms with Gasteiger partial charge in [0.05, 0.1) is 16.4 Å². The van der Waals surface area contributed by atoms with Gasteiger partial charge in [-0.25, -0.2) is 13.9 Å². The first-order valence-electron chi connectivity index (χ1n) is 9.93. The summed E-state index contributed by atoms with van der Waals surface area (Å²) in [6.45, 7) is -0.274. The van der Waals surface area contributed by atoms with Gasteiger partial charge in [-0.1, -0.05) is 35.3 Å². The topological polar surface area (TPSA) is 95.7 Å². The predicted molar refractivity (Wildman–Crippen MR) is 128 cm³/mol. The minimum Gasteiger partial charge on any atom is -0.476 e. The molecule has 2 aromatic carbocycles. The highest BCUT2D eigenvalue weighted by atomic mass is 35.5. The number of carboxylic acid groups (broad SMARTS) is 1. The summed E-state index contributed by atoms with van der Waals surface area (Å²) in [4.78, 5) is 12.1. The molecular weight excluding hydrogens is 506 g/mol. The van der Waals surface area contributed by atoms with Crippen LogP contribution in [0.5, 0.6) is 0 Å². The minimum atomic E-state index is -3.89. The van der Waals surface area contributed by atoms with Gasteiger partial charge in [-0.3, -0.25) is 0 Å². The van der Waals surface area contributed by atoms with E-state index in [1.54, 1.807) is 18.2 Å². The first-order chi connectivity index (χ1) is 16.0. The fourth-order valence-electron chi connectivity index (χ4n) is 3.69. The Balaban J connectivity index is 2.00. The molecule has 0 unspecified atom stereocenters. The van der Waals surface area contributed by atoms with E-state index in [1.807, 2.05) is 0 Å². The molecule has 1 aliphatic rings. The summed E-state index contributed by atoms with van der Waals surface area (Å²) in [7, 11) is -1.11. The van der Waals surface area contributed by atoms with Crippen LogP contribution in [0, 0.1) is 5.82 Å². The summed E-state index contributed by atoms with van der Waals surface area (Å²) in [6.07, 6.45) is 1.67. The zero-order valence-corrected chi connectivity index (χ0v) is 20.4. The lowest BCUT2D eigenvalue weighted by molar-refractivity contribution is 0.0688. The number of aromatic carboxylic acids is 1. The lowest BCUT2D eigenvalue weighted by Crippen LogP contribution is -2.42. The Labute approximate surface area is 205 Å². The van der Waals surface area contributed by atoms with Gasteiger partial charge in [0.25, 0.3) is 10.2 Å². The molecule has 0 spiro atoms. The van der Waals surface area contributed by atoms with Gasteiger partial charge in [0.1, 0.15) is 5.82 Å². The number of hydrogen-bond acceptors (Lipinski definition) is 4. The van der Waals surface area contributed by atoms with E-state index in [1.165, 1.54) is 49.1 Å². The van der Waals surface area contributed by atoms with Gasteiger partial charge in [0, 0.05) is 37.8 Å². The highest BCUT2D eigenvalue weighted by molar-refractivity contribution is 7.86. The summed E-state index contributed by atoms with van der Waals surface area (Å²) in [5, 5.41) is 14.7. The fourth-order valence-corrected chi connectivity index (χ4v) is 5.24. The van der Waals surface area contributed by atoms with Gasteiger partial charge < -0.3 is 5.11 Å². The molecule has 3 aromatic rings. The molecule has 178 valence electrons. The molecule has 1 N–H and O–H groups in total. The molecule has 0 saturated heterocycles. The Hall–Kier alpha value is -2.76. The summed E-state index contributed by atoms with van der Waals surface area (Å²) in [5.74, 6) is -1.74. The van der Waals surface area contributed by atoms with Crippen molar-refractivity contribution in [1.29, 1.82) is 0 Å². The molecule has 4 rings (SSSR count). The van der Waals surface area contributed by atoms with Crippen molar-refractivity contribution in [2.24, 2.45) is 0 Å². The number of rotatable bonds is 5. The zero-order chi connectivity index (χ0) is 24.8.